The Balaban J connectivity index is 2.50. The Hall–Kier alpha value is -1.39. The first-order chi connectivity index (χ1) is 7.14. The minimum Gasteiger partial charge on any atom is -0.317 e. The van der Waals surface area contributed by atoms with Crippen LogP contribution >= 0.6 is 0 Å². The number of carbonyl (C=O) groups is 3. The second-order valence-corrected chi connectivity index (χ2v) is 3.81. The van der Waals surface area contributed by atoms with Crippen LogP contribution in [0.3, 0.4) is 0 Å². The zero-order valence-electron chi connectivity index (χ0n) is 8.84. The molecule has 0 radical (unpaired) electrons. The summed E-state index contributed by atoms with van der Waals surface area (Å²) in [5.41, 5.74) is -1.31. The number of hydrogen-bond donors (Lipinski definition) is 2. The van der Waals surface area contributed by atoms with Gasteiger partial charge in [-0.3, -0.25) is 10.1 Å². The third-order valence-corrected chi connectivity index (χ3v) is 2.59. The van der Waals surface area contributed by atoms with E-state index in [4.69, 9.17) is 0 Å². The van der Waals surface area contributed by atoms with Gasteiger partial charge in [0.25, 0.3) is 5.91 Å². The van der Waals surface area contributed by atoms with Gasteiger partial charge in [-0.25, -0.2) is 4.79 Å². The van der Waals surface area contributed by atoms with Crippen LogP contribution in [0.5, 0.6) is 0 Å². The van der Waals surface area contributed by atoms with Gasteiger partial charge in [-0.15, -0.1) is 0 Å². The molecule has 0 unspecified atom stereocenters. The first-order valence-electron chi connectivity index (χ1n) is 5.24. The fourth-order valence-corrected chi connectivity index (χ4v) is 1.65. The van der Waals surface area contributed by atoms with Crippen LogP contribution in [0, 0.1) is 0 Å². The molecule has 0 bridgehead atoms. The van der Waals surface area contributed by atoms with Crippen molar-refractivity contribution in [3.05, 3.63) is 0 Å². The van der Waals surface area contributed by atoms with Gasteiger partial charge >= 0.3 is 6.03 Å². The summed E-state index contributed by atoms with van der Waals surface area (Å²) in [6.07, 6.45) is 4.81. The van der Waals surface area contributed by atoms with Crippen LogP contribution in [0.1, 0.15) is 39.0 Å². The molecule has 1 heterocycles. The third-order valence-electron chi connectivity index (χ3n) is 2.59. The average Bonchev–Trinajstić information content (AvgIpc) is 2.49. The molecule has 1 aliphatic rings. The number of rotatable bonds is 6. The molecule has 5 heteroatoms. The van der Waals surface area contributed by atoms with Crippen molar-refractivity contribution in [3.63, 3.8) is 0 Å². The first kappa shape index (κ1) is 11.7. The van der Waals surface area contributed by atoms with Crippen LogP contribution in [0.25, 0.3) is 0 Å². The maximum atomic E-state index is 11.4. The standard InChI is InChI=1S/C10H16N2O3/c1-2-3-4-5-6-10(7-13)8(14)11-9(15)12-10/h7H,2-6H2,1H3,(H2,11,12,14,15)/t10-/m1/s1. The molecule has 1 rings (SSSR count). The molecule has 1 atom stereocenters. The molecule has 0 aromatic rings. The second-order valence-electron chi connectivity index (χ2n) is 3.81. The van der Waals surface area contributed by atoms with Gasteiger partial charge in [-0.05, 0) is 6.42 Å². The molecular formula is C10H16N2O3. The van der Waals surface area contributed by atoms with E-state index in [0.717, 1.165) is 25.7 Å². The minimum absolute atomic E-state index is 0.383. The summed E-state index contributed by atoms with van der Waals surface area (Å²) in [5.74, 6) is -0.529. The highest BCUT2D eigenvalue weighted by Gasteiger charge is 2.45. The van der Waals surface area contributed by atoms with Gasteiger partial charge in [0.15, 0.2) is 11.8 Å². The molecule has 1 saturated heterocycles. The van der Waals surface area contributed by atoms with Crippen LogP contribution in [0.2, 0.25) is 0 Å². The molecule has 3 amide bonds. The van der Waals surface area contributed by atoms with Gasteiger partial charge < -0.3 is 10.1 Å². The Morgan fingerprint density at radius 3 is 2.47 bits per heavy atom. The van der Waals surface area contributed by atoms with Gasteiger partial charge in [0.05, 0.1) is 0 Å². The summed E-state index contributed by atoms with van der Waals surface area (Å²) in [7, 11) is 0. The lowest BCUT2D eigenvalue weighted by atomic mass is 9.94. The average molecular weight is 212 g/mol. The molecule has 0 spiro atoms. The van der Waals surface area contributed by atoms with Crippen molar-refractivity contribution >= 4 is 18.2 Å². The van der Waals surface area contributed by atoms with Gasteiger partial charge in [-0.2, -0.15) is 0 Å². The number of aldehydes is 1. The van der Waals surface area contributed by atoms with E-state index in [9.17, 15) is 14.4 Å². The summed E-state index contributed by atoms with van der Waals surface area (Å²) in [6, 6.07) is -0.581. The summed E-state index contributed by atoms with van der Waals surface area (Å²) in [4.78, 5) is 33.2. The maximum Gasteiger partial charge on any atom is 0.322 e. The van der Waals surface area contributed by atoms with Crippen molar-refractivity contribution in [2.45, 2.75) is 44.6 Å². The number of carbonyl (C=O) groups excluding carboxylic acids is 3. The van der Waals surface area contributed by atoms with Gasteiger partial charge in [0.1, 0.15) is 0 Å². The van der Waals surface area contributed by atoms with E-state index in [-0.39, 0.29) is 0 Å². The Morgan fingerprint density at radius 1 is 1.27 bits per heavy atom. The molecule has 0 aromatic carbocycles. The monoisotopic (exact) mass is 212 g/mol. The van der Waals surface area contributed by atoms with Crippen molar-refractivity contribution in [3.8, 4) is 0 Å². The molecule has 0 saturated carbocycles. The molecular weight excluding hydrogens is 196 g/mol. The fraction of sp³-hybridized carbons (Fsp3) is 0.700. The Kier molecular flexibility index (Phi) is 3.82. The molecule has 0 aliphatic carbocycles. The molecule has 84 valence electrons. The molecule has 2 N–H and O–H groups in total. The Labute approximate surface area is 88.6 Å². The molecule has 15 heavy (non-hydrogen) atoms. The highest BCUT2D eigenvalue weighted by atomic mass is 16.2. The van der Waals surface area contributed by atoms with Crippen molar-refractivity contribution in [2.24, 2.45) is 0 Å². The van der Waals surface area contributed by atoms with Crippen LogP contribution in [0.4, 0.5) is 4.79 Å². The van der Waals surface area contributed by atoms with Crippen LogP contribution in [0.15, 0.2) is 0 Å². The highest BCUT2D eigenvalue weighted by Crippen LogP contribution is 2.17. The fourth-order valence-electron chi connectivity index (χ4n) is 1.65. The van der Waals surface area contributed by atoms with Gasteiger partial charge in [-0.1, -0.05) is 32.6 Å². The number of imide groups is 1. The van der Waals surface area contributed by atoms with E-state index in [1.54, 1.807) is 0 Å². The van der Waals surface area contributed by atoms with E-state index >= 15 is 0 Å². The minimum atomic E-state index is -1.31. The zero-order valence-corrected chi connectivity index (χ0v) is 8.84. The number of nitrogens with one attached hydrogen (secondary N) is 2. The molecule has 1 fully saturated rings. The quantitative estimate of drug-likeness (QED) is 0.295. The van der Waals surface area contributed by atoms with Crippen LogP contribution in [-0.4, -0.2) is 23.8 Å². The highest BCUT2D eigenvalue weighted by molar-refractivity contribution is 6.15. The lowest BCUT2D eigenvalue weighted by Crippen LogP contribution is -2.48. The van der Waals surface area contributed by atoms with Gasteiger partial charge in [0, 0.05) is 0 Å². The van der Waals surface area contributed by atoms with E-state index < -0.39 is 17.5 Å². The largest absolute Gasteiger partial charge is 0.322 e. The summed E-state index contributed by atoms with van der Waals surface area (Å²) in [6.45, 7) is 2.08. The van der Waals surface area contributed by atoms with E-state index in [1.807, 2.05) is 0 Å². The number of amides is 3. The molecule has 1 aliphatic heterocycles. The van der Waals surface area contributed by atoms with Crippen molar-refractivity contribution < 1.29 is 14.4 Å². The normalized spacial score (nSPS) is 24.9. The van der Waals surface area contributed by atoms with Crippen molar-refractivity contribution in [1.29, 1.82) is 0 Å². The van der Waals surface area contributed by atoms with E-state index in [0.29, 0.717) is 12.7 Å². The van der Waals surface area contributed by atoms with Crippen LogP contribution in [-0.2, 0) is 9.59 Å². The predicted molar refractivity (Wildman–Crippen MR) is 54.2 cm³/mol. The first-order valence-corrected chi connectivity index (χ1v) is 5.24. The van der Waals surface area contributed by atoms with Gasteiger partial charge in [0.2, 0.25) is 0 Å². The van der Waals surface area contributed by atoms with Crippen molar-refractivity contribution in [2.75, 3.05) is 0 Å². The Bertz CT molecular complexity index is 278. The second kappa shape index (κ2) is 4.91. The maximum absolute atomic E-state index is 11.4. The zero-order chi connectivity index (χ0) is 11.3. The molecule has 0 aromatic heterocycles. The topological polar surface area (TPSA) is 75.3 Å². The SMILES string of the molecule is CCCCCC[C@]1(C=O)NC(=O)NC1=O. The smallest absolute Gasteiger partial charge is 0.317 e. The lowest BCUT2D eigenvalue weighted by Gasteiger charge is -2.18. The number of unbranched alkanes of at least 4 members (excludes halogenated alkanes) is 3. The lowest BCUT2D eigenvalue weighted by molar-refractivity contribution is -0.129. The number of hydrogen-bond acceptors (Lipinski definition) is 3. The van der Waals surface area contributed by atoms with Crippen molar-refractivity contribution in [1.82, 2.24) is 10.6 Å². The summed E-state index contributed by atoms with van der Waals surface area (Å²) < 4.78 is 0. The van der Waals surface area contributed by atoms with Crippen LogP contribution < -0.4 is 10.6 Å². The predicted octanol–water partition coefficient (Wildman–Crippen LogP) is 0.734. The Morgan fingerprint density at radius 2 is 2.00 bits per heavy atom. The van der Waals surface area contributed by atoms with E-state index in [2.05, 4.69) is 17.6 Å². The third kappa shape index (κ3) is 2.55. The summed E-state index contributed by atoms with van der Waals surface area (Å²) in [5, 5.41) is 4.46. The summed E-state index contributed by atoms with van der Waals surface area (Å²) >= 11 is 0. The molecule has 5 nitrogen and oxygen atoms in total. The number of urea groups is 1. The van der Waals surface area contributed by atoms with E-state index in [1.165, 1.54) is 0 Å².